The monoisotopic (exact) mass is 406 g/mol. The van der Waals surface area contributed by atoms with E-state index in [0.717, 1.165) is 33.7 Å². The van der Waals surface area contributed by atoms with Gasteiger partial charge in [0, 0.05) is 16.4 Å². The number of para-hydroxylation sites is 2. The average Bonchev–Trinajstić information content (AvgIpc) is 3.21. The molecule has 0 fully saturated rings. The van der Waals surface area contributed by atoms with Crippen molar-refractivity contribution >= 4 is 45.9 Å². The summed E-state index contributed by atoms with van der Waals surface area (Å²) in [5.74, 6) is 0.554. The number of nitriles is 1. The van der Waals surface area contributed by atoms with Gasteiger partial charge in [-0.25, -0.2) is 4.98 Å². The number of aromatic nitrogens is 3. The molecule has 0 aliphatic carbocycles. The number of rotatable bonds is 3. The number of aromatic amines is 1. The van der Waals surface area contributed by atoms with Crippen molar-refractivity contribution in [1.29, 1.82) is 5.26 Å². The van der Waals surface area contributed by atoms with E-state index in [2.05, 4.69) is 20.6 Å². The molecule has 0 saturated carbocycles. The molecule has 2 aromatic heterocycles. The van der Waals surface area contributed by atoms with Gasteiger partial charge in [0.1, 0.15) is 11.9 Å². The lowest BCUT2D eigenvalue weighted by molar-refractivity contribution is 0.965. The van der Waals surface area contributed by atoms with Gasteiger partial charge in [0.2, 0.25) is 0 Å². The molecule has 4 nitrogen and oxygen atoms in total. The number of hydrogen-bond donors (Lipinski definition) is 1. The molecular weight excluding hydrogens is 391 g/mol. The SMILES string of the molecule is Cc1cc(C=C(C#N)c2nc3ccccc3[nH]2)c(C)n1-c1ccc(Cl)cc1Cl. The zero-order valence-electron chi connectivity index (χ0n) is 15.3. The Morgan fingerprint density at radius 1 is 1.14 bits per heavy atom. The van der Waals surface area contributed by atoms with Crippen LogP contribution in [0.3, 0.4) is 0 Å². The van der Waals surface area contributed by atoms with Crippen molar-refractivity contribution in [2.24, 2.45) is 0 Å². The number of imidazole rings is 1. The maximum atomic E-state index is 9.70. The minimum Gasteiger partial charge on any atom is -0.337 e. The van der Waals surface area contributed by atoms with Crippen LogP contribution in [0.15, 0.2) is 48.5 Å². The maximum Gasteiger partial charge on any atom is 0.149 e. The second-order valence-corrected chi connectivity index (χ2v) is 7.37. The van der Waals surface area contributed by atoms with Crippen LogP contribution in [0.25, 0.3) is 28.4 Å². The topological polar surface area (TPSA) is 57.4 Å². The second kappa shape index (κ2) is 7.20. The highest BCUT2D eigenvalue weighted by Crippen LogP contribution is 2.30. The van der Waals surface area contributed by atoms with Crippen molar-refractivity contribution in [1.82, 2.24) is 14.5 Å². The Labute approximate surface area is 172 Å². The Kier molecular flexibility index (Phi) is 4.72. The summed E-state index contributed by atoms with van der Waals surface area (Å²) in [4.78, 5) is 7.74. The Bertz CT molecular complexity index is 1240. The van der Waals surface area contributed by atoms with Gasteiger partial charge in [-0.15, -0.1) is 0 Å². The van der Waals surface area contributed by atoms with Crippen LogP contribution in [0.1, 0.15) is 22.8 Å². The van der Waals surface area contributed by atoms with Gasteiger partial charge in [-0.1, -0.05) is 35.3 Å². The first-order valence-electron chi connectivity index (χ1n) is 8.69. The third kappa shape index (κ3) is 3.20. The van der Waals surface area contributed by atoms with E-state index >= 15 is 0 Å². The molecule has 0 spiro atoms. The largest absolute Gasteiger partial charge is 0.337 e. The first kappa shape index (κ1) is 18.4. The van der Waals surface area contributed by atoms with Crippen LogP contribution in [-0.4, -0.2) is 14.5 Å². The van der Waals surface area contributed by atoms with Gasteiger partial charge in [-0.3, -0.25) is 0 Å². The van der Waals surface area contributed by atoms with Crippen molar-refractivity contribution in [3.8, 4) is 11.8 Å². The van der Waals surface area contributed by atoms with E-state index in [9.17, 15) is 5.26 Å². The predicted octanol–water partition coefficient (Wildman–Crippen LogP) is 6.34. The standard InChI is InChI=1S/C22H16Cl2N4/c1-13-9-15(14(2)28(13)21-8-7-17(23)11-18(21)24)10-16(12-25)22-26-19-5-3-4-6-20(19)27-22/h3-11H,1-2H3,(H,26,27). The molecule has 0 aliphatic rings. The van der Waals surface area contributed by atoms with Crippen LogP contribution in [0.5, 0.6) is 0 Å². The number of nitrogens with zero attached hydrogens (tertiary/aromatic N) is 3. The van der Waals surface area contributed by atoms with E-state index < -0.39 is 0 Å². The highest BCUT2D eigenvalue weighted by Gasteiger charge is 2.14. The van der Waals surface area contributed by atoms with Crippen molar-refractivity contribution in [3.63, 3.8) is 0 Å². The summed E-state index contributed by atoms with van der Waals surface area (Å²) < 4.78 is 2.05. The van der Waals surface area contributed by atoms with Crippen molar-refractivity contribution < 1.29 is 0 Å². The van der Waals surface area contributed by atoms with Crippen LogP contribution in [-0.2, 0) is 0 Å². The number of aryl methyl sites for hydroxylation is 1. The van der Waals surface area contributed by atoms with Crippen LogP contribution >= 0.6 is 23.2 Å². The molecule has 0 amide bonds. The molecule has 1 N–H and O–H groups in total. The quantitative estimate of drug-likeness (QED) is 0.403. The number of hydrogen-bond acceptors (Lipinski definition) is 2. The number of nitrogens with one attached hydrogen (secondary N) is 1. The highest BCUT2D eigenvalue weighted by atomic mass is 35.5. The number of allylic oxidation sites excluding steroid dienone is 1. The zero-order chi connectivity index (χ0) is 19.8. The summed E-state index contributed by atoms with van der Waals surface area (Å²) in [6.07, 6.45) is 1.85. The van der Waals surface area contributed by atoms with Gasteiger partial charge >= 0.3 is 0 Å². The van der Waals surface area contributed by atoms with Gasteiger partial charge in [-0.05, 0) is 61.9 Å². The van der Waals surface area contributed by atoms with Crippen LogP contribution in [0.2, 0.25) is 10.0 Å². The van der Waals surface area contributed by atoms with Crippen molar-refractivity contribution in [2.75, 3.05) is 0 Å². The average molecular weight is 407 g/mol. The first-order valence-corrected chi connectivity index (χ1v) is 9.45. The molecule has 2 heterocycles. The molecule has 0 unspecified atom stereocenters. The summed E-state index contributed by atoms with van der Waals surface area (Å²) in [6, 6.07) is 17.4. The van der Waals surface area contributed by atoms with Gasteiger partial charge < -0.3 is 9.55 Å². The minimum atomic E-state index is 0.471. The summed E-state index contributed by atoms with van der Waals surface area (Å²) in [5.41, 5.74) is 5.97. The van der Waals surface area contributed by atoms with E-state index in [0.29, 0.717) is 21.4 Å². The zero-order valence-corrected chi connectivity index (χ0v) is 16.8. The fraction of sp³-hybridized carbons (Fsp3) is 0.0909. The molecule has 6 heteroatoms. The Morgan fingerprint density at radius 2 is 1.93 bits per heavy atom. The summed E-state index contributed by atoms with van der Waals surface area (Å²) in [5, 5.41) is 10.9. The molecule has 0 bridgehead atoms. The van der Waals surface area contributed by atoms with Gasteiger partial charge in [-0.2, -0.15) is 5.26 Å². The summed E-state index contributed by atoms with van der Waals surface area (Å²) in [7, 11) is 0. The maximum absolute atomic E-state index is 9.70. The number of fused-ring (bicyclic) bond motifs is 1. The molecule has 4 aromatic rings. The summed E-state index contributed by atoms with van der Waals surface area (Å²) >= 11 is 12.4. The number of H-pyrrole nitrogens is 1. The van der Waals surface area contributed by atoms with Gasteiger partial charge in [0.15, 0.2) is 0 Å². The lowest BCUT2D eigenvalue weighted by atomic mass is 10.1. The first-order chi connectivity index (χ1) is 13.5. The molecule has 0 aliphatic heterocycles. The molecular formula is C22H16Cl2N4. The molecule has 0 atom stereocenters. The van der Waals surface area contributed by atoms with Crippen LogP contribution < -0.4 is 0 Å². The fourth-order valence-corrected chi connectivity index (χ4v) is 3.85. The van der Waals surface area contributed by atoms with Gasteiger partial charge in [0.25, 0.3) is 0 Å². The molecule has 0 saturated heterocycles. The van der Waals surface area contributed by atoms with Crippen LogP contribution in [0.4, 0.5) is 0 Å². The highest BCUT2D eigenvalue weighted by molar-refractivity contribution is 6.35. The van der Waals surface area contributed by atoms with Crippen LogP contribution in [0, 0.1) is 25.2 Å². The number of benzene rings is 2. The van der Waals surface area contributed by atoms with E-state index in [1.165, 1.54) is 0 Å². The molecule has 138 valence electrons. The Hall–Kier alpha value is -3.00. The fourth-order valence-electron chi connectivity index (χ4n) is 3.36. The van der Waals surface area contributed by atoms with E-state index in [4.69, 9.17) is 23.2 Å². The molecule has 4 rings (SSSR count). The molecule has 28 heavy (non-hydrogen) atoms. The third-order valence-electron chi connectivity index (χ3n) is 4.69. The van der Waals surface area contributed by atoms with Crippen molar-refractivity contribution in [2.45, 2.75) is 13.8 Å². The smallest absolute Gasteiger partial charge is 0.149 e. The van der Waals surface area contributed by atoms with E-state index in [1.807, 2.05) is 62.4 Å². The molecule has 0 radical (unpaired) electrons. The predicted molar refractivity (Wildman–Crippen MR) is 115 cm³/mol. The second-order valence-electron chi connectivity index (χ2n) is 6.53. The Balaban J connectivity index is 1.82. The Morgan fingerprint density at radius 3 is 2.64 bits per heavy atom. The number of halogens is 2. The minimum absolute atomic E-state index is 0.471. The lowest BCUT2D eigenvalue weighted by Gasteiger charge is -2.12. The summed E-state index contributed by atoms with van der Waals surface area (Å²) in [6.45, 7) is 4.00. The normalized spacial score (nSPS) is 11.8. The molecule has 2 aromatic carbocycles. The van der Waals surface area contributed by atoms with E-state index in [-0.39, 0.29) is 0 Å². The lowest BCUT2D eigenvalue weighted by Crippen LogP contribution is -2.00. The van der Waals surface area contributed by atoms with E-state index in [1.54, 1.807) is 6.07 Å². The van der Waals surface area contributed by atoms with Crippen molar-refractivity contribution in [3.05, 3.63) is 81.4 Å². The third-order valence-corrected chi connectivity index (χ3v) is 5.22. The van der Waals surface area contributed by atoms with Gasteiger partial charge in [0.05, 0.1) is 27.3 Å².